The minimum Gasteiger partial charge on any atom is -0.480 e. The minimum atomic E-state index is -0.203. The lowest BCUT2D eigenvalue weighted by atomic mass is 10.2. The number of hydrogen-bond acceptors (Lipinski definition) is 6. The lowest BCUT2D eigenvalue weighted by Crippen LogP contribution is -2.50. The second kappa shape index (κ2) is 6.47. The van der Waals surface area contributed by atoms with E-state index in [1.807, 2.05) is 0 Å². The number of amides is 2. The Labute approximate surface area is 132 Å². The second-order valence-corrected chi connectivity index (χ2v) is 5.02. The van der Waals surface area contributed by atoms with Gasteiger partial charge in [-0.05, 0) is 18.2 Å². The molecule has 2 aromatic rings. The lowest BCUT2D eigenvalue weighted by Gasteiger charge is -2.34. The van der Waals surface area contributed by atoms with E-state index in [4.69, 9.17) is 9.15 Å². The van der Waals surface area contributed by atoms with E-state index < -0.39 is 0 Å². The van der Waals surface area contributed by atoms with Gasteiger partial charge in [-0.1, -0.05) is 0 Å². The van der Waals surface area contributed by atoms with Crippen molar-refractivity contribution in [1.82, 2.24) is 20.0 Å². The number of carbonyl (C=O) groups is 2. The number of aromatic nitrogens is 2. The fourth-order valence-corrected chi connectivity index (χ4v) is 2.37. The summed E-state index contributed by atoms with van der Waals surface area (Å²) in [6.07, 6.45) is 1.47. The number of furan rings is 1. The topological polar surface area (TPSA) is 88.8 Å². The molecule has 1 aliphatic heterocycles. The maximum atomic E-state index is 12.4. The van der Waals surface area contributed by atoms with E-state index in [0.717, 1.165) is 0 Å². The van der Waals surface area contributed by atoms with Crippen LogP contribution < -0.4 is 4.74 Å². The van der Waals surface area contributed by atoms with Crippen molar-refractivity contribution >= 4 is 11.8 Å². The fraction of sp³-hybridized carbons (Fsp3) is 0.333. The number of hydrogen-bond donors (Lipinski definition) is 0. The van der Waals surface area contributed by atoms with E-state index in [0.29, 0.717) is 37.8 Å². The van der Waals surface area contributed by atoms with Gasteiger partial charge in [-0.3, -0.25) is 9.59 Å². The highest BCUT2D eigenvalue weighted by atomic mass is 16.5. The van der Waals surface area contributed by atoms with Crippen LogP contribution >= 0.6 is 0 Å². The first-order valence-electron chi connectivity index (χ1n) is 7.19. The molecule has 1 saturated heterocycles. The third-order valence-electron chi connectivity index (χ3n) is 3.65. The van der Waals surface area contributed by atoms with Crippen molar-refractivity contribution < 1.29 is 18.7 Å². The van der Waals surface area contributed by atoms with Gasteiger partial charge in [0, 0.05) is 32.2 Å². The minimum absolute atomic E-state index is 0.161. The summed E-state index contributed by atoms with van der Waals surface area (Å²) in [5.41, 5.74) is 0.261. The van der Waals surface area contributed by atoms with Gasteiger partial charge in [-0.15, -0.1) is 10.2 Å². The van der Waals surface area contributed by atoms with Crippen molar-refractivity contribution in [3.8, 4) is 5.88 Å². The molecule has 120 valence electrons. The molecule has 0 atom stereocenters. The van der Waals surface area contributed by atoms with Gasteiger partial charge in [0.1, 0.15) is 0 Å². The van der Waals surface area contributed by atoms with E-state index in [-0.39, 0.29) is 17.5 Å². The van der Waals surface area contributed by atoms with Crippen LogP contribution in [-0.2, 0) is 0 Å². The molecule has 2 aromatic heterocycles. The van der Waals surface area contributed by atoms with Gasteiger partial charge in [0.2, 0.25) is 5.88 Å². The fourth-order valence-electron chi connectivity index (χ4n) is 2.37. The van der Waals surface area contributed by atoms with Gasteiger partial charge >= 0.3 is 0 Å². The first kappa shape index (κ1) is 15.0. The molecule has 2 amide bonds. The smallest absolute Gasteiger partial charge is 0.289 e. The molecule has 0 aromatic carbocycles. The molecule has 1 aliphatic rings. The molecular formula is C15H16N4O4. The molecule has 0 aliphatic carbocycles. The van der Waals surface area contributed by atoms with E-state index in [2.05, 4.69) is 10.2 Å². The number of ether oxygens (including phenoxy) is 1. The Kier molecular flexibility index (Phi) is 4.22. The Morgan fingerprint density at radius 2 is 1.74 bits per heavy atom. The molecule has 8 heteroatoms. The molecule has 0 N–H and O–H groups in total. The molecule has 0 spiro atoms. The van der Waals surface area contributed by atoms with E-state index in [1.54, 1.807) is 34.1 Å². The van der Waals surface area contributed by atoms with Crippen LogP contribution in [0.5, 0.6) is 5.88 Å². The van der Waals surface area contributed by atoms with E-state index in [1.165, 1.54) is 13.4 Å². The van der Waals surface area contributed by atoms with Crippen molar-refractivity contribution in [2.75, 3.05) is 33.3 Å². The summed E-state index contributed by atoms with van der Waals surface area (Å²) in [6, 6.07) is 6.48. The van der Waals surface area contributed by atoms with Crippen LogP contribution in [0.2, 0.25) is 0 Å². The quantitative estimate of drug-likeness (QED) is 0.827. The van der Waals surface area contributed by atoms with Crippen LogP contribution in [0.3, 0.4) is 0 Å². The van der Waals surface area contributed by atoms with Gasteiger partial charge in [-0.25, -0.2) is 0 Å². The van der Waals surface area contributed by atoms with Crippen molar-refractivity contribution in [3.05, 3.63) is 42.0 Å². The number of methoxy groups -OCH3 is 1. The second-order valence-electron chi connectivity index (χ2n) is 5.02. The number of piperazine rings is 1. The monoisotopic (exact) mass is 316 g/mol. The SMILES string of the molecule is COc1ccc(C(=O)N2CCN(C(=O)c3ccco3)CC2)nn1. The van der Waals surface area contributed by atoms with E-state index >= 15 is 0 Å². The molecule has 1 fully saturated rings. The summed E-state index contributed by atoms with van der Waals surface area (Å²) in [5, 5.41) is 7.65. The lowest BCUT2D eigenvalue weighted by molar-refractivity contribution is 0.0514. The Balaban J connectivity index is 1.59. The number of nitrogens with zero attached hydrogens (tertiary/aromatic N) is 4. The number of carbonyl (C=O) groups excluding carboxylic acids is 2. The standard InChI is InChI=1S/C15H16N4O4/c1-22-13-5-4-11(16-17-13)14(20)18-6-8-19(9-7-18)15(21)12-3-2-10-23-12/h2-5,10H,6-9H2,1H3. The Bertz CT molecular complexity index is 676. The molecule has 0 saturated carbocycles. The average molecular weight is 316 g/mol. The van der Waals surface area contributed by atoms with E-state index in [9.17, 15) is 9.59 Å². The highest BCUT2D eigenvalue weighted by Crippen LogP contribution is 2.12. The zero-order valence-electron chi connectivity index (χ0n) is 12.6. The third-order valence-corrected chi connectivity index (χ3v) is 3.65. The normalized spacial score (nSPS) is 14.7. The summed E-state index contributed by atoms with van der Waals surface area (Å²) < 4.78 is 10.0. The molecule has 3 heterocycles. The summed E-state index contributed by atoms with van der Waals surface area (Å²) >= 11 is 0. The highest BCUT2D eigenvalue weighted by molar-refractivity contribution is 5.93. The molecule has 8 nitrogen and oxygen atoms in total. The van der Waals surface area contributed by atoms with Crippen LogP contribution in [0.4, 0.5) is 0 Å². The molecule has 23 heavy (non-hydrogen) atoms. The molecule has 0 unspecified atom stereocenters. The maximum Gasteiger partial charge on any atom is 0.289 e. The molecule has 0 bridgehead atoms. The van der Waals surface area contributed by atoms with Gasteiger partial charge in [0.25, 0.3) is 11.8 Å². The van der Waals surface area contributed by atoms with Gasteiger partial charge in [0.15, 0.2) is 11.5 Å². The predicted molar refractivity (Wildman–Crippen MR) is 79.1 cm³/mol. The van der Waals surface area contributed by atoms with Gasteiger partial charge in [-0.2, -0.15) is 0 Å². The van der Waals surface area contributed by atoms with Crippen molar-refractivity contribution in [2.24, 2.45) is 0 Å². The highest BCUT2D eigenvalue weighted by Gasteiger charge is 2.27. The summed E-state index contributed by atoms with van der Waals surface area (Å²) in [7, 11) is 1.49. The first-order valence-corrected chi connectivity index (χ1v) is 7.19. The Hall–Kier alpha value is -2.90. The molecular weight excluding hydrogens is 300 g/mol. The summed E-state index contributed by atoms with van der Waals surface area (Å²) in [4.78, 5) is 27.9. The van der Waals surface area contributed by atoms with Crippen molar-refractivity contribution in [3.63, 3.8) is 0 Å². The largest absolute Gasteiger partial charge is 0.480 e. The van der Waals surface area contributed by atoms with Crippen LogP contribution in [0.1, 0.15) is 21.0 Å². The Morgan fingerprint density at radius 1 is 1.04 bits per heavy atom. The van der Waals surface area contributed by atoms with Gasteiger partial charge < -0.3 is 19.0 Å². The average Bonchev–Trinajstić information content (AvgIpc) is 3.15. The zero-order chi connectivity index (χ0) is 16.2. The van der Waals surface area contributed by atoms with Crippen LogP contribution in [-0.4, -0.2) is 65.1 Å². The van der Waals surface area contributed by atoms with Crippen molar-refractivity contribution in [1.29, 1.82) is 0 Å². The van der Waals surface area contributed by atoms with Crippen LogP contribution in [0.15, 0.2) is 34.9 Å². The molecule has 3 rings (SSSR count). The van der Waals surface area contributed by atoms with Gasteiger partial charge in [0.05, 0.1) is 13.4 Å². The maximum absolute atomic E-state index is 12.4. The van der Waals surface area contributed by atoms with Crippen LogP contribution in [0, 0.1) is 0 Å². The first-order chi connectivity index (χ1) is 11.2. The predicted octanol–water partition coefficient (Wildman–Crippen LogP) is 0.676. The Morgan fingerprint density at radius 3 is 2.26 bits per heavy atom. The third kappa shape index (κ3) is 3.15. The van der Waals surface area contributed by atoms with Crippen molar-refractivity contribution in [2.45, 2.75) is 0 Å². The van der Waals surface area contributed by atoms with Crippen LogP contribution in [0.25, 0.3) is 0 Å². The summed E-state index contributed by atoms with van der Waals surface area (Å²) in [6.45, 7) is 1.79. The number of rotatable bonds is 3. The molecule has 0 radical (unpaired) electrons. The zero-order valence-corrected chi connectivity index (χ0v) is 12.6. The summed E-state index contributed by atoms with van der Waals surface area (Å²) in [5.74, 6) is 0.304.